The summed E-state index contributed by atoms with van der Waals surface area (Å²) in [6.45, 7) is 2.28. The van der Waals surface area contributed by atoms with Crippen molar-refractivity contribution < 1.29 is 9.18 Å². The van der Waals surface area contributed by atoms with Crippen molar-refractivity contribution in [1.29, 1.82) is 0 Å². The molecule has 0 saturated carbocycles. The number of nitrogens with zero attached hydrogens (tertiary/aromatic N) is 1. The largest absolute Gasteiger partial charge is 0.324 e. The molecule has 3 aliphatic heterocycles. The van der Waals surface area contributed by atoms with E-state index in [-0.39, 0.29) is 11.7 Å². The molecule has 4 rings (SSSR count). The van der Waals surface area contributed by atoms with E-state index in [9.17, 15) is 9.18 Å². The maximum absolute atomic E-state index is 13.5. The molecular weight excluding hydrogens is 269 g/mol. The Morgan fingerprint density at radius 2 is 2.14 bits per heavy atom. The predicted octanol–water partition coefficient (Wildman–Crippen LogP) is 2.04. The second-order valence-electron chi connectivity index (χ2n) is 6.31. The highest BCUT2D eigenvalue weighted by Crippen LogP contribution is 2.34. The average Bonchev–Trinajstić information content (AvgIpc) is 3.02. The summed E-state index contributed by atoms with van der Waals surface area (Å²) in [5, 5.41) is 6.33. The topological polar surface area (TPSA) is 44.4 Å². The lowest BCUT2D eigenvalue weighted by Crippen LogP contribution is -2.47. The number of anilines is 1. The number of amides is 1. The van der Waals surface area contributed by atoms with Crippen LogP contribution in [0.1, 0.15) is 37.3 Å². The van der Waals surface area contributed by atoms with E-state index in [2.05, 4.69) is 15.5 Å². The Kier molecular flexibility index (Phi) is 3.19. The van der Waals surface area contributed by atoms with E-state index in [1.54, 1.807) is 6.07 Å². The Bertz CT molecular complexity index is 577. The molecule has 21 heavy (non-hydrogen) atoms. The van der Waals surface area contributed by atoms with E-state index in [0.29, 0.717) is 12.1 Å². The minimum Gasteiger partial charge on any atom is -0.324 e. The number of hydrogen-bond donors (Lipinski definition) is 2. The first-order chi connectivity index (χ1) is 10.2. The smallest absolute Gasteiger partial charge is 0.246 e. The van der Waals surface area contributed by atoms with E-state index in [4.69, 9.17) is 0 Å². The zero-order chi connectivity index (χ0) is 14.4. The summed E-state index contributed by atoms with van der Waals surface area (Å²) in [5.41, 5.74) is 1.48. The van der Waals surface area contributed by atoms with Crippen molar-refractivity contribution in [2.75, 3.05) is 18.4 Å². The summed E-state index contributed by atoms with van der Waals surface area (Å²) >= 11 is 0. The molecule has 4 nitrogen and oxygen atoms in total. The van der Waals surface area contributed by atoms with Crippen LogP contribution in [0.5, 0.6) is 0 Å². The van der Waals surface area contributed by atoms with Gasteiger partial charge in [0.2, 0.25) is 5.91 Å². The van der Waals surface area contributed by atoms with E-state index in [0.717, 1.165) is 24.2 Å². The third-order valence-electron chi connectivity index (χ3n) is 5.08. The third kappa shape index (κ3) is 2.24. The van der Waals surface area contributed by atoms with Crippen LogP contribution < -0.4 is 10.6 Å². The van der Waals surface area contributed by atoms with Gasteiger partial charge in [-0.15, -0.1) is 0 Å². The molecule has 1 amide bonds. The van der Waals surface area contributed by atoms with Crippen molar-refractivity contribution >= 4 is 11.6 Å². The fourth-order valence-electron chi connectivity index (χ4n) is 4.05. The van der Waals surface area contributed by atoms with Crippen LogP contribution in [0.3, 0.4) is 0 Å². The van der Waals surface area contributed by atoms with Gasteiger partial charge in [0, 0.05) is 29.9 Å². The minimum absolute atomic E-state index is 0.0649. The second-order valence-corrected chi connectivity index (χ2v) is 6.31. The van der Waals surface area contributed by atoms with Gasteiger partial charge in [0.05, 0.1) is 0 Å². The molecule has 2 N–H and O–H groups in total. The Labute approximate surface area is 123 Å². The van der Waals surface area contributed by atoms with Crippen molar-refractivity contribution in [2.45, 2.75) is 43.8 Å². The maximum atomic E-state index is 13.5. The number of carbonyl (C=O) groups excluding carboxylic acids is 1. The van der Waals surface area contributed by atoms with Crippen molar-refractivity contribution in [3.63, 3.8) is 0 Å². The number of benzene rings is 1. The first-order valence-corrected chi connectivity index (χ1v) is 7.83. The lowest BCUT2D eigenvalue weighted by atomic mass is 9.97. The molecule has 0 bridgehead atoms. The zero-order valence-electron chi connectivity index (χ0n) is 11.9. The standard InChI is InChI=1S/C16H20FN3O/c17-10-4-5-12-11(9-10)15(16(21)19-12)18-13-6-8-20-7-2-1-3-14(13)20/h4-5,9,13-15,18H,1-3,6-8H2,(H,19,21). The molecule has 0 radical (unpaired) electrons. The Balaban J connectivity index is 1.55. The summed E-state index contributed by atoms with van der Waals surface area (Å²) in [6, 6.07) is 4.95. The number of piperidine rings is 1. The first-order valence-electron chi connectivity index (χ1n) is 7.83. The predicted molar refractivity (Wildman–Crippen MR) is 78.5 cm³/mol. The van der Waals surface area contributed by atoms with Gasteiger partial charge < -0.3 is 5.32 Å². The zero-order valence-corrected chi connectivity index (χ0v) is 11.9. The molecule has 3 atom stereocenters. The van der Waals surface area contributed by atoms with Crippen LogP contribution in [-0.2, 0) is 4.79 Å². The minimum atomic E-state index is -0.414. The highest BCUT2D eigenvalue weighted by molar-refractivity contribution is 6.02. The van der Waals surface area contributed by atoms with Crippen LogP contribution in [0.4, 0.5) is 10.1 Å². The molecule has 3 heterocycles. The van der Waals surface area contributed by atoms with Gasteiger partial charge in [-0.25, -0.2) is 4.39 Å². The van der Waals surface area contributed by atoms with Gasteiger partial charge in [0.1, 0.15) is 11.9 Å². The molecule has 2 saturated heterocycles. The van der Waals surface area contributed by atoms with Crippen molar-refractivity contribution in [1.82, 2.24) is 10.2 Å². The van der Waals surface area contributed by atoms with Crippen molar-refractivity contribution in [3.8, 4) is 0 Å². The number of carbonyl (C=O) groups is 1. The van der Waals surface area contributed by atoms with Crippen LogP contribution in [0.25, 0.3) is 0 Å². The Hall–Kier alpha value is -1.46. The van der Waals surface area contributed by atoms with Crippen LogP contribution in [0.15, 0.2) is 18.2 Å². The van der Waals surface area contributed by atoms with Gasteiger partial charge in [-0.05, 0) is 44.0 Å². The second kappa shape index (κ2) is 5.07. The molecular formula is C16H20FN3O. The molecule has 0 spiro atoms. The monoisotopic (exact) mass is 289 g/mol. The quantitative estimate of drug-likeness (QED) is 0.875. The van der Waals surface area contributed by atoms with Crippen LogP contribution in [0.2, 0.25) is 0 Å². The molecule has 112 valence electrons. The number of nitrogens with one attached hydrogen (secondary N) is 2. The molecule has 2 fully saturated rings. The van der Waals surface area contributed by atoms with Crippen molar-refractivity contribution in [3.05, 3.63) is 29.6 Å². The van der Waals surface area contributed by atoms with E-state index >= 15 is 0 Å². The lowest BCUT2D eigenvalue weighted by Gasteiger charge is -2.33. The van der Waals surface area contributed by atoms with E-state index in [1.807, 2.05) is 0 Å². The van der Waals surface area contributed by atoms with E-state index < -0.39 is 6.04 Å². The highest BCUT2D eigenvalue weighted by Gasteiger charge is 2.39. The number of fused-ring (bicyclic) bond motifs is 2. The van der Waals surface area contributed by atoms with Gasteiger partial charge in [0.15, 0.2) is 0 Å². The maximum Gasteiger partial charge on any atom is 0.246 e. The van der Waals surface area contributed by atoms with Crippen molar-refractivity contribution in [2.24, 2.45) is 0 Å². The van der Waals surface area contributed by atoms with Crippen LogP contribution >= 0.6 is 0 Å². The van der Waals surface area contributed by atoms with Gasteiger partial charge >= 0.3 is 0 Å². The Morgan fingerprint density at radius 3 is 3.05 bits per heavy atom. The summed E-state index contributed by atoms with van der Waals surface area (Å²) in [6.07, 6.45) is 4.81. The molecule has 1 aromatic rings. The third-order valence-corrected chi connectivity index (χ3v) is 5.08. The highest BCUT2D eigenvalue weighted by atomic mass is 19.1. The lowest BCUT2D eigenvalue weighted by molar-refractivity contribution is -0.117. The average molecular weight is 289 g/mol. The number of hydrogen-bond acceptors (Lipinski definition) is 3. The normalized spacial score (nSPS) is 31.9. The molecule has 3 aliphatic rings. The molecule has 5 heteroatoms. The van der Waals surface area contributed by atoms with Gasteiger partial charge in [-0.1, -0.05) is 6.42 Å². The summed E-state index contributed by atoms with van der Waals surface area (Å²) in [5.74, 6) is -0.354. The SMILES string of the molecule is O=C1Nc2ccc(F)cc2C1NC1CCN2CCCCC12. The van der Waals surface area contributed by atoms with Gasteiger partial charge in [-0.2, -0.15) is 0 Å². The van der Waals surface area contributed by atoms with Gasteiger partial charge in [-0.3, -0.25) is 15.0 Å². The Morgan fingerprint density at radius 1 is 1.24 bits per heavy atom. The van der Waals surface area contributed by atoms with Crippen LogP contribution in [-0.4, -0.2) is 36.0 Å². The molecule has 3 unspecified atom stereocenters. The molecule has 0 aliphatic carbocycles. The summed E-state index contributed by atoms with van der Waals surface area (Å²) in [7, 11) is 0. The van der Waals surface area contributed by atoms with Crippen LogP contribution in [0, 0.1) is 5.82 Å². The number of halogens is 1. The fourth-order valence-corrected chi connectivity index (χ4v) is 4.05. The molecule has 1 aromatic carbocycles. The summed E-state index contributed by atoms with van der Waals surface area (Å²) in [4.78, 5) is 14.7. The fraction of sp³-hybridized carbons (Fsp3) is 0.562. The van der Waals surface area contributed by atoms with Gasteiger partial charge in [0.25, 0.3) is 0 Å². The summed E-state index contributed by atoms with van der Waals surface area (Å²) < 4.78 is 13.5. The van der Waals surface area contributed by atoms with E-state index in [1.165, 1.54) is 37.9 Å². The first kappa shape index (κ1) is 13.2. The molecule has 0 aromatic heterocycles. The number of rotatable bonds is 2.